The van der Waals surface area contributed by atoms with E-state index in [-0.39, 0.29) is 31.1 Å². The molecule has 0 spiro atoms. The third-order valence-corrected chi connectivity index (χ3v) is 11.9. The van der Waals surface area contributed by atoms with E-state index in [0.717, 1.165) is 64.2 Å². The number of carbonyl (C=O) groups excluding carboxylic acids is 3. The van der Waals surface area contributed by atoms with Crippen molar-refractivity contribution >= 4 is 17.9 Å². The molecule has 0 aromatic carbocycles. The zero-order valence-electron chi connectivity index (χ0n) is 40.9. The molecule has 0 amide bonds. The zero-order valence-corrected chi connectivity index (χ0v) is 40.9. The molecule has 0 aliphatic carbocycles. The summed E-state index contributed by atoms with van der Waals surface area (Å²) >= 11 is 0. The van der Waals surface area contributed by atoms with Gasteiger partial charge in [0.15, 0.2) is 6.10 Å². The molecule has 0 aliphatic rings. The summed E-state index contributed by atoms with van der Waals surface area (Å²) in [5, 5.41) is 0. The van der Waals surface area contributed by atoms with Crippen molar-refractivity contribution in [2.75, 3.05) is 13.2 Å². The Hall–Kier alpha value is -2.11. The Kier molecular flexibility index (Phi) is 48.8. The van der Waals surface area contributed by atoms with Crippen molar-refractivity contribution in [3.05, 3.63) is 24.3 Å². The summed E-state index contributed by atoms with van der Waals surface area (Å²) < 4.78 is 16.8. The van der Waals surface area contributed by atoms with Gasteiger partial charge in [0.25, 0.3) is 0 Å². The first-order chi connectivity index (χ1) is 30.0. The van der Waals surface area contributed by atoms with Crippen LogP contribution in [0.4, 0.5) is 0 Å². The van der Waals surface area contributed by atoms with Crippen molar-refractivity contribution in [1.82, 2.24) is 0 Å². The molecular weight excluding hydrogens is 757 g/mol. The van der Waals surface area contributed by atoms with E-state index < -0.39 is 6.10 Å². The Morgan fingerprint density at radius 3 is 0.836 bits per heavy atom. The minimum atomic E-state index is -0.772. The molecule has 0 radical (unpaired) electrons. The molecule has 0 unspecified atom stereocenters. The summed E-state index contributed by atoms with van der Waals surface area (Å²) in [7, 11) is 0. The van der Waals surface area contributed by atoms with Gasteiger partial charge in [0.2, 0.25) is 0 Å². The molecule has 0 bridgehead atoms. The minimum absolute atomic E-state index is 0.0721. The zero-order chi connectivity index (χ0) is 44.4. The standard InChI is InChI=1S/C55H102O6/c1-4-7-10-13-16-19-22-25-26-27-28-31-33-36-39-42-45-48-54(57)60-51-52(61-55(58)49-46-43-40-37-34-30-24-21-18-15-12-9-6-3)50-59-53(56)47-44-41-38-35-32-29-23-20-17-14-11-8-5-2/h21,24-26,52H,4-20,22-23,27-51H2,1-3H3/b24-21-,26-25-/t52-/m1/s1. The van der Waals surface area contributed by atoms with Crippen molar-refractivity contribution in [3.8, 4) is 0 Å². The third kappa shape index (κ3) is 48.8. The number of esters is 3. The fraction of sp³-hybridized carbons (Fsp3) is 0.873. The van der Waals surface area contributed by atoms with Gasteiger partial charge in [0.05, 0.1) is 0 Å². The molecule has 0 heterocycles. The fourth-order valence-electron chi connectivity index (χ4n) is 7.84. The molecule has 0 fully saturated rings. The molecule has 1 atom stereocenters. The predicted octanol–water partition coefficient (Wildman–Crippen LogP) is 17.5. The molecule has 0 aliphatic heterocycles. The highest BCUT2D eigenvalue weighted by atomic mass is 16.6. The van der Waals surface area contributed by atoms with Crippen molar-refractivity contribution < 1.29 is 28.6 Å². The van der Waals surface area contributed by atoms with Crippen molar-refractivity contribution in [2.45, 2.75) is 297 Å². The number of hydrogen-bond acceptors (Lipinski definition) is 6. The molecule has 0 N–H and O–H groups in total. The highest BCUT2D eigenvalue weighted by Crippen LogP contribution is 2.16. The summed E-state index contributed by atoms with van der Waals surface area (Å²) in [6.45, 7) is 6.64. The Balaban J connectivity index is 4.34. The van der Waals surface area contributed by atoms with Crippen LogP contribution in [0.1, 0.15) is 290 Å². The van der Waals surface area contributed by atoms with Crippen molar-refractivity contribution in [3.63, 3.8) is 0 Å². The second-order valence-corrected chi connectivity index (χ2v) is 18.1. The van der Waals surface area contributed by atoms with Crippen LogP contribution >= 0.6 is 0 Å². The van der Waals surface area contributed by atoms with Gasteiger partial charge in [-0.2, -0.15) is 0 Å². The molecule has 0 rings (SSSR count). The number of unbranched alkanes of at least 4 members (excludes halogenated alkanes) is 34. The maximum Gasteiger partial charge on any atom is 0.306 e. The maximum atomic E-state index is 12.8. The lowest BCUT2D eigenvalue weighted by Gasteiger charge is -2.18. The Labute approximate surface area is 379 Å². The topological polar surface area (TPSA) is 78.9 Å². The lowest BCUT2D eigenvalue weighted by atomic mass is 10.0. The van der Waals surface area contributed by atoms with E-state index in [1.165, 1.54) is 186 Å². The maximum absolute atomic E-state index is 12.8. The second-order valence-electron chi connectivity index (χ2n) is 18.1. The van der Waals surface area contributed by atoms with Crippen LogP contribution in [0, 0.1) is 0 Å². The normalized spacial score (nSPS) is 12.1. The van der Waals surface area contributed by atoms with Gasteiger partial charge in [-0.05, 0) is 70.6 Å². The number of allylic oxidation sites excluding steroid dienone is 4. The summed E-state index contributed by atoms with van der Waals surface area (Å²) in [6.07, 6.45) is 57.3. The Morgan fingerprint density at radius 1 is 0.311 bits per heavy atom. The Bertz CT molecular complexity index is 989. The number of ether oxygens (including phenoxy) is 3. The van der Waals surface area contributed by atoms with E-state index >= 15 is 0 Å². The monoisotopic (exact) mass is 859 g/mol. The van der Waals surface area contributed by atoms with Gasteiger partial charge < -0.3 is 14.2 Å². The second kappa shape index (κ2) is 50.5. The van der Waals surface area contributed by atoms with Crippen molar-refractivity contribution in [2.24, 2.45) is 0 Å². The molecule has 0 saturated heterocycles. The van der Waals surface area contributed by atoms with Gasteiger partial charge in [-0.3, -0.25) is 14.4 Å². The average Bonchev–Trinajstić information content (AvgIpc) is 3.26. The van der Waals surface area contributed by atoms with Gasteiger partial charge >= 0.3 is 17.9 Å². The van der Waals surface area contributed by atoms with E-state index in [4.69, 9.17) is 14.2 Å². The fourth-order valence-corrected chi connectivity index (χ4v) is 7.84. The molecular formula is C55H102O6. The predicted molar refractivity (Wildman–Crippen MR) is 261 cm³/mol. The molecule has 358 valence electrons. The van der Waals surface area contributed by atoms with Crippen LogP contribution in [-0.2, 0) is 28.6 Å². The molecule has 0 aromatic heterocycles. The van der Waals surface area contributed by atoms with E-state index in [0.29, 0.717) is 19.3 Å². The van der Waals surface area contributed by atoms with Crippen molar-refractivity contribution in [1.29, 1.82) is 0 Å². The number of carbonyl (C=O) groups is 3. The summed E-state index contributed by atoms with van der Waals surface area (Å²) in [5.74, 6) is -0.871. The molecule has 6 nitrogen and oxygen atoms in total. The highest BCUT2D eigenvalue weighted by Gasteiger charge is 2.19. The van der Waals surface area contributed by atoms with Gasteiger partial charge in [-0.15, -0.1) is 0 Å². The molecule has 61 heavy (non-hydrogen) atoms. The van der Waals surface area contributed by atoms with Gasteiger partial charge in [-0.1, -0.05) is 225 Å². The van der Waals surface area contributed by atoms with Crippen LogP contribution in [0.3, 0.4) is 0 Å². The summed E-state index contributed by atoms with van der Waals surface area (Å²) in [5.41, 5.74) is 0. The Morgan fingerprint density at radius 2 is 0.541 bits per heavy atom. The van der Waals surface area contributed by atoms with E-state index in [2.05, 4.69) is 45.1 Å². The molecule has 0 saturated carbocycles. The van der Waals surface area contributed by atoms with Crippen LogP contribution in [0.2, 0.25) is 0 Å². The lowest BCUT2D eigenvalue weighted by Crippen LogP contribution is -2.30. The van der Waals surface area contributed by atoms with Crippen LogP contribution in [-0.4, -0.2) is 37.2 Å². The molecule has 6 heteroatoms. The first kappa shape index (κ1) is 58.9. The van der Waals surface area contributed by atoms with Crippen LogP contribution in [0.15, 0.2) is 24.3 Å². The van der Waals surface area contributed by atoms with Crippen LogP contribution in [0.25, 0.3) is 0 Å². The van der Waals surface area contributed by atoms with Gasteiger partial charge in [0.1, 0.15) is 13.2 Å². The largest absolute Gasteiger partial charge is 0.462 e. The lowest BCUT2D eigenvalue weighted by molar-refractivity contribution is -0.167. The average molecular weight is 859 g/mol. The van der Waals surface area contributed by atoms with Crippen LogP contribution in [0.5, 0.6) is 0 Å². The first-order valence-corrected chi connectivity index (χ1v) is 26.8. The highest BCUT2D eigenvalue weighted by molar-refractivity contribution is 5.71. The van der Waals surface area contributed by atoms with Crippen LogP contribution < -0.4 is 0 Å². The third-order valence-electron chi connectivity index (χ3n) is 11.9. The summed E-state index contributed by atoms with van der Waals surface area (Å²) in [6, 6.07) is 0. The van der Waals surface area contributed by atoms with Gasteiger partial charge in [0, 0.05) is 19.3 Å². The number of rotatable bonds is 49. The first-order valence-electron chi connectivity index (χ1n) is 26.8. The minimum Gasteiger partial charge on any atom is -0.462 e. The van der Waals surface area contributed by atoms with Gasteiger partial charge in [-0.25, -0.2) is 0 Å². The van der Waals surface area contributed by atoms with E-state index in [9.17, 15) is 14.4 Å². The number of hydrogen-bond donors (Lipinski definition) is 0. The molecule has 0 aromatic rings. The SMILES string of the molecule is CCCCCC/C=C\CCCCCCCC(=O)O[C@@H](COC(=O)CCCCCCCCC/C=C\CCCCCCCC)COC(=O)CCCCCCCCCCCCCCC. The quantitative estimate of drug-likeness (QED) is 0.0262. The summed E-state index contributed by atoms with van der Waals surface area (Å²) in [4.78, 5) is 38.0. The smallest absolute Gasteiger partial charge is 0.306 e. The van der Waals surface area contributed by atoms with E-state index in [1.54, 1.807) is 0 Å². The van der Waals surface area contributed by atoms with E-state index in [1.807, 2.05) is 0 Å².